The van der Waals surface area contributed by atoms with Gasteiger partial charge in [0.1, 0.15) is 0 Å². The Kier molecular flexibility index (Phi) is 6.03. The van der Waals surface area contributed by atoms with Crippen LogP contribution in [0.5, 0.6) is 0 Å². The average Bonchev–Trinajstić information content (AvgIpc) is 2.64. The van der Waals surface area contributed by atoms with Gasteiger partial charge in [0.15, 0.2) is 0 Å². The molecule has 0 aromatic rings. The average molecular weight is 296 g/mol. The fourth-order valence-corrected chi connectivity index (χ4v) is 3.38. The van der Waals surface area contributed by atoms with Gasteiger partial charge in [-0.2, -0.15) is 0 Å². The fraction of sp³-hybridized carbons (Fsp3) is 0.875. The Morgan fingerprint density at radius 2 is 1.76 bits per heavy atom. The van der Waals surface area contributed by atoms with Crippen molar-refractivity contribution in [1.29, 1.82) is 0 Å². The van der Waals surface area contributed by atoms with Gasteiger partial charge in [-0.15, -0.1) is 0 Å². The number of amides is 1. The van der Waals surface area contributed by atoms with Crippen LogP contribution in [0.1, 0.15) is 45.4 Å². The zero-order valence-corrected chi connectivity index (χ0v) is 13.1. The van der Waals surface area contributed by atoms with Crippen LogP contribution in [-0.4, -0.2) is 59.5 Å². The van der Waals surface area contributed by atoms with Gasteiger partial charge in [0.2, 0.25) is 5.91 Å². The van der Waals surface area contributed by atoms with Crippen molar-refractivity contribution < 1.29 is 14.7 Å². The number of nitrogens with zero attached hydrogens (tertiary/aromatic N) is 2. The number of hydrogen-bond acceptors (Lipinski definition) is 3. The van der Waals surface area contributed by atoms with Crippen molar-refractivity contribution in [1.82, 2.24) is 9.80 Å². The zero-order chi connectivity index (χ0) is 15.2. The van der Waals surface area contributed by atoms with Crippen molar-refractivity contribution in [2.24, 2.45) is 11.8 Å². The topological polar surface area (TPSA) is 60.9 Å². The van der Waals surface area contributed by atoms with Crippen molar-refractivity contribution in [2.75, 3.05) is 32.7 Å². The minimum atomic E-state index is -0.702. The molecular weight excluding hydrogens is 268 g/mol. The highest BCUT2D eigenvalue weighted by atomic mass is 16.4. The number of piperidine rings is 1. The first-order valence-electron chi connectivity index (χ1n) is 8.26. The van der Waals surface area contributed by atoms with Crippen LogP contribution in [0.3, 0.4) is 0 Å². The lowest BCUT2D eigenvalue weighted by Crippen LogP contribution is -2.44. The molecule has 5 nitrogen and oxygen atoms in total. The van der Waals surface area contributed by atoms with Crippen LogP contribution in [0.15, 0.2) is 0 Å². The quantitative estimate of drug-likeness (QED) is 0.859. The molecular formula is C16H28N2O3. The molecule has 0 bridgehead atoms. The summed E-state index contributed by atoms with van der Waals surface area (Å²) in [6.07, 6.45) is 5.38. The van der Waals surface area contributed by atoms with Gasteiger partial charge in [-0.05, 0) is 57.0 Å². The number of aliphatic carboxylic acids is 1. The summed E-state index contributed by atoms with van der Waals surface area (Å²) >= 11 is 0. The second-order valence-corrected chi connectivity index (χ2v) is 6.73. The first kappa shape index (κ1) is 16.3. The fourth-order valence-electron chi connectivity index (χ4n) is 3.38. The number of carbonyl (C=O) groups excluding carboxylic acids is 1. The predicted octanol–water partition coefficient (Wildman–Crippen LogP) is 1.82. The number of hydrogen-bond donors (Lipinski definition) is 1. The Bertz CT molecular complexity index is 365. The molecule has 0 aromatic heterocycles. The number of likely N-dealkylation sites (tertiary alicyclic amines) is 2. The molecule has 0 spiro atoms. The molecule has 0 unspecified atom stereocenters. The molecule has 2 fully saturated rings. The molecule has 2 aliphatic heterocycles. The molecule has 0 saturated carbocycles. The molecule has 1 amide bonds. The Balaban J connectivity index is 1.75. The molecule has 5 heteroatoms. The molecule has 21 heavy (non-hydrogen) atoms. The third kappa shape index (κ3) is 5.30. The van der Waals surface area contributed by atoms with Gasteiger partial charge in [0.25, 0.3) is 0 Å². The Labute approximate surface area is 127 Å². The summed E-state index contributed by atoms with van der Waals surface area (Å²) in [7, 11) is 0. The van der Waals surface area contributed by atoms with Crippen LogP contribution in [0.4, 0.5) is 0 Å². The van der Waals surface area contributed by atoms with Crippen molar-refractivity contribution in [3.05, 3.63) is 0 Å². The lowest BCUT2D eigenvalue weighted by molar-refractivity contribution is -0.138. The van der Waals surface area contributed by atoms with Crippen molar-refractivity contribution in [3.8, 4) is 0 Å². The van der Waals surface area contributed by atoms with E-state index in [9.17, 15) is 9.59 Å². The third-order valence-electron chi connectivity index (χ3n) is 4.90. The zero-order valence-electron chi connectivity index (χ0n) is 13.1. The van der Waals surface area contributed by atoms with Gasteiger partial charge in [-0.25, -0.2) is 0 Å². The molecule has 1 N–H and O–H groups in total. The van der Waals surface area contributed by atoms with Crippen molar-refractivity contribution in [2.45, 2.75) is 45.4 Å². The predicted molar refractivity (Wildman–Crippen MR) is 81.0 cm³/mol. The summed E-state index contributed by atoms with van der Waals surface area (Å²) in [4.78, 5) is 27.3. The van der Waals surface area contributed by atoms with E-state index in [4.69, 9.17) is 5.11 Å². The largest absolute Gasteiger partial charge is 0.481 e. The maximum Gasteiger partial charge on any atom is 0.303 e. The molecule has 1 atom stereocenters. The van der Waals surface area contributed by atoms with Gasteiger partial charge in [0.05, 0.1) is 6.54 Å². The van der Waals surface area contributed by atoms with Crippen LogP contribution >= 0.6 is 0 Å². The maximum absolute atomic E-state index is 12.3. The maximum atomic E-state index is 12.3. The standard InChI is InChI=1S/C16H28N2O3/c1-13-4-9-18(10-5-13)15(19)12-17-7-2-3-14(6-8-17)11-16(20)21/h13-14H,2-12H2,1H3,(H,20,21)/t14-/m0/s1. The summed E-state index contributed by atoms with van der Waals surface area (Å²) in [6.45, 7) is 6.33. The van der Waals surface area contributed by atoms with E-state index in [2.05, 4.69) is 11.8 Å². The van der Waals surface area contributed by atoms with Crippen molar-refractivity contribution >= 4 is 11.9 Å². The van der Waals surface area contributed by atoms with E-state index in [1.807, 2.05) is 4.90 Å². The van der Waals surface area contributed by atoms with E-state index in [0.717, 1.165) is 64.2 Å². The lowest BCUT2D eigenvalue weighted by Gasteiger charge is -2.32. The summed E-state index contributed by atoms with van der Waals surface area (Å²) in [5.74, 6) is 0.563. The van der Waals surface area contributed by atoms with Crippen molar-refractivity contribution in [3.63, 3.8) is 0 Å². The van der Waals surface area contributed by atoms with Gasteiger partial charge in [-0.1, -0.05) is 6.92 Å². The first-order valence-corrected chi connectivity index (χ1v) is 8.26. The Morgan fingerprint density at radius 1 is 1.05 bits per heavy atom. The van der Waals surface area contributed by atoms with Gasteiger partial charge in [-0.3, -0.25) is 14.5 Å². The third-order valence-corrected chi connectivity index (χ3v) is 4.90. The SMILES string of the molecule is CC1CCN(C(=O)CN2CCC[C@H](CC(=O)O)CC2)CC1. The van der Waals surface area contributed by atoms with E-state index in [-0.39, 0.29) is 18.2 Å². The summed E-state index contributed by atoms with van der Waals surface area (Å²) in [5, 5.41) is 8.89. The van der Waals surface area contributed by atoms with E-state index >= 15 is 0 Å². The molecule has 120 valence electrons. The molecule has 0 radical (unpaired) electrons. The monoisotopic (exact) mass is 296 g/mol. The molecule has 0 aromatic carbocycles. The first-order chi connectivity index (χ1) is 10.0. The summed E-state index contributed by atoms with van der Waals surface area (Å²) in [6, 6.07) is 0. The second kappa shape index (κ2) is 7.78. The van der Waals surface area contributed by atoms with E-state index in [0.29, 0.717) is 6.54 Å². The number of carboxylic acids is 1. The van der Waals surface area contributed by atoms with Crippen LogP contribution in [0.25, 0.3) is 0 Å². The molecule has 0 aliphatic carbocycles. The highest BCUT2D eigenvalue weighted by Crippen LogP contribution is 2.21. The number of carboxylic acid groups (broad SMARTS) is 1. The van der Waals surface area contributed by atoms with E-state index < -0.39 is 5.97 Å². The van der Waals surface area contributed by atoms with Gasteiger partial charge < -0.3 is 10.0 Å². The Hall–Kier alpha value is -1.10. The Morgan fingerprint density at radius 3 is 2.43 bits per heavy atom. The molecule has 2 heterocycles. The van der Waals surface area contributed by atoms with Gasteiger partial charge in [0, 0.05) is 19.5 Å². The molecule has 2 aliphatic rings. The molecule has 2 saturated heterocycles. The van der Waals surface area contributed by atoms with E-state index in [1.54, 1.807) is 0 Å². The van der Waals surface area contributed by atoms with Crippen LogP contribution in [0.2, 0.25) is 0 Å². The number of carbonyl (C=O) groups is 2. The van der Waals surface area contributed by atoms with E-state index in [1.165, 1.54) is 0 Å². The second-order valence-electron chi connectivity index (χ2n) is 6.73. The normalized spacial score (nSPS) is 25.6. The van der Waals surface area contributed by atoms with Crippen LogP contribution in [-0.2, 0) is 9.59 Å². The minimum Gasteiger partial charge on any atom is -0.481 e. The smallest absolute Gasteiger partial charge is 0.303 e. The minimum absolute atomic E-state index is 0.249. The highest BCUT2D eigenvalue weighted by Gasteiger charge is 2.24. The van der Waals surface area contributed by atoms with Crippen LogP contribution in [0, 0.1) is 11.8 Å². The highest BCUT2D eigenvalue weighted by molar-refractivity contribution is 5.78. The summed E-state index contributed by atoms with van der Waals surface area (Å²) < 4.78 is 0. The van der Waals surface area contributed by atoms with Gasteiger partial charge >= 0.3 is 5.97 Å². The lowest BCUT2D eigenvalue weighted by atomic mass is 9.97. The number of rotatable bonds is 4. The summed E-state index contributed by atoms with van der Waals surface area (Å²) in [5.41, 5.74) is 0. The van der Waals surface area contributed by atoms with Crippen LogP contribution < -0.4 is 0 Å². The molecule has 2 rings (SSSR count).